The van der Waals surface area contributed by atoms with Gasteiger partial charge in [-0.2, -0.15) is 0 Å². The van der Waals surface area contributed by atoms with Gasteiger partial charge in [0.15, 0.2) is 0 Å². The zero-order chi connectivity index (χ0) is 13.0. The predicted octanol–water partition coefficient (Wildman–Crippen LogP) is 1.63. The van der Waals surface area contributed by atoms with Crippen LogP contribution in [0.3, 0.4) is 0 Å². The Morgan fingerprint density at radius 3 is 2.61 bits per heavy atom. The first-order valence-corrected chi connectivity index (χ1v) is 6.60. The van der Waals surface area contributed by atoms with Crippen LogP contribution in [0.25, 0.3) is 0 Å². The van der Waals surface area contributed by atoms with Crippen LogP contribution in [0.1, 0.15) is 5.56 Å². The van der Waals surface area contributed by atoms with Crippen molar-refractivity contribution in [1.29, 1.82) is 0 Å². The van der Waals surface area contributed by atoms with Gasteiger partial charge < -0.3 is 10.6 Å². The number of aryl methyl sites for hydroxylation is 1. The van der Waals surface area contributed by atoms with Gasteiger partial charge >= 0.3 is 0 Å². The van der Waals surface area contributed by atoms with Gasteiger partial charge in [0.25, 0.3) is 0 Å². The molecule has 0 spiro atoms. The predicted molar refractivity (Wildman–Crippen MR) is 78.0 cm³/mol. The first-order chi connectivity index (χ1) is 8.69. The Balaban J connectivity index is 1.88. The van der Waals surface area contributed by atoms with E-state index in [0.717, 1.165) is 38.3 Å². The summed E-state index contributed by atoms with van der Waals surface area (Å²) in [6, 6.07) is 8.73. The van der Waals surface area contributed by atoms with E-state index in [0.29, 0.717) is 6.54 Å². The molecule has 0 unspecified atom stereocenters. The van der Waals surface area contributed by atoms with E-state index in [1.165, 1.54) is 11.3 Å². The van der Waals surface area contributed by atoms with E-state index in [4.69, 9.17) is 5.73 Å². The molecule has 2 N–H and O–H groups in total. The zero-order valence-corrected chi connectivity index (χ0v) is 11.2. The smallest absolute Gasteiger partial charge is 0.0369 e. The van der Waals surface area contributed by atoms with E-state index in [1.807, 2.05) is 0 Å². The topological polar surface area (TPSA) is 32.5 Å². The van der Waals surface area contributed by atoms with E-state index >= 15 is 0 Å². The van der Waals surface area contributed by atoms with Crippen LogP contribution in [-0.4, -0.2) is 44.2 Å². The van der Waals surface area contributed by atoms with Crippen molar-refractivity contribution >= 4 is 5.69 Å². The molecule has 1 aromatic rings. The second kappa shape index (κ2) is 6.03. The highest BCUT2D eigenvalue weighted by atomic mass is 15.3. The van der Waals surface area contributed by atoms with Crippen LogP contribution in [0.2, 0.25) is 0 Å². The number of rotatable bonds is 4. The largest absolute Gasteiger partial charge is 0.369 e. The first kappa shape index (κ1) is 13.1. The van der Waals surface area contributed by atoms with Crippen LogP contribution in [-0.2, 0) is 0 Å². The maximum atomic E-state index is 5.59. The summed E-state index contributed by atoms with van der Waals surface area (Å²) in [4.78, 5) is 4.89. The Kier molecular flexibility index (Phi) is 4.39. The molecule has 1 aliphatic heterocycles. The quantitative estimate of drug-likeness (QED) is 0.818. The normalized spacial score (nSPS) is 16.9. The van der Waals surface area contributed by atoms with Crippen LogP contribution < -0.4 is 10.6 Å². The molecule has 3 nitrogen and oxygen atoms in total. The van der Waals surface area contributed by atoms with E-state index in [9.17, 15) is 0 Å². The van der Waals surface area contributed by atoms with Gasteiger partial charge in [-0.25, -0.2) is 0 Å². The summed E-state index contributed by atoms with van der Waals surface area (Å²) < 4.78 is 0. The first-order valence-electron chi connectivity index (χ1n) is 6.60. The van der Waals surface area contributed by atoms with Gasteiger partial charge in [-0.05, 0) is 30.2 Å². The van der Waals surface area contributed by atoms with Gasteiger partial charge in [0.1, 0.15) is 0 Å². The van der Waals surface area contributed by atoms with E-state index in [2.05, 4.69) is 47.6 Å². The Hall–Kier alpha value is -1.32. The Labute approximate surface area is 110 Å². The molecule has 98 valence electrons. The van der Waals surface area contributed by atoms with Crippen molar-refractivity contribution in [2.75, 3.05) is 44.2 Å². The van der Waals surface area contributed by atoms with Gasteiger partial charge in [0.2, 0.25) is 0 Å². The summed E-state index contributed by atoms with van der Waals surface area (Å²) in [6.07, 6.45) is 0. The molecular weight excluding hydrogens is 222 g/mol. The van der Waals surface area contributed by atoms with Crippen molar-refractivity contribution in [3.63, 3.8) is 0 Å². The lowest BCUT2D eigenvalue weighted by Crippen LogP contribution is -2.47. The minimum Gasteiger partial charge on any atom is -0.369 e. The number of hydrogen-bond donors (Lipinski definition) is 1. The highest BCUT2D eigenvalue weighted by molar-refractivity contribution is 5.48. The lowest BCUT2D eigenvalue weighted by Gasteiger charge is -2.36. The van der Waals surface area contributed by atoms with Gasteiger partial charge in [-0.1, -0.05) is 18.7 Å². The van der Waals surface area contributed by atoms with Gasteiger partial charge in [-0.15, -0.1) is 0 Å². The van der Waals surface area contributed by atoms with Crippen LogP contribution in [0, 0.1) is 6.92 Å². The lowest BCUT2D eigenvalue weighted by atomic mass is 10.2. The molecule has 18 heavy (non-hydrogen) atoms. The monoisotopic (exact) mass is 245 g/mol. The average Bonchev–Trinajstić information content (AvgIpc) is 2.39. The molecule has 0 radical (unpaired) electrons. The molecule has 3 heteroatoms. The summed E-state index contributed by atoms with van der Waals surface area (Å²) in [5.41, 5.74) is 9.38. The summed E-state index contributed by atoms with van der Waals surface area (Å²) in [7, 11) is 0. The highest BCUT2D eigenvalue weighted by Crippen LogP contribution is 2.17. The van der Waals surface area contributed by atoms with Crippen molar-refractivity contribution in [2.24, 2.45) is 5.73 Å². The molecule has 0 saturated carbocycles. The van der Waals surface area contributed by atoms with Crippen LogP contribution in [0.5, 0.6) is 0 Å². The lowest BCUT2D eigenvalue weighted by molar-refractivity contribution is 0.277. The maximum Gasteiger partial charge on any atom is 0.0369 e. The average molecular weight is 245 g/mol. The SMILES string of the molecule is C=C(CN)CN1CCN(c2cccc(C)c2)CC1. The molecule has 0 bridgehead atoms. The minimum atomic E-state index is 0.595. The number of anilines is 1. The summed E-state index contributed by atoms with van der Waals surface area (Å²) in [5, 5.41) is 0. The van der Waals surface area contributed by atoms with Crippen molar-refractivity contribution in [3.8, 4) is 0 Å². The van der Waals surface area contributed by atoms with Gasteiger partial charge in [0, 0.05) is 45.0 Å². The molecule has 1 aliphatic rings. The Bertz CT molecular complexity index is 406. The van der Waals surface area contributed by atoms with E-state index in [-0.39, 0.29) is 0 Å². The molecule has 0 aromatic heterocycles. The molecule has 1 fully saturated rings. The van der Waals surface area contributed by atoms with Crippen molar-refractivity contribution < 1.29 is 0 Å². The molecule has 0 aliphatic carbocycles. The van der Waals surface area contributed by atoms with Gasteiger partial charge in [0.05, 0.1) is 0 Å². The molecular formula is C15H23N3. The third-order valence-electron chi connectivity index (χ3n) is 3.47. The van der Waals surface area contributed by atoms with Gasteiger partial charge in [-0.3, -0.25) is 4.90 Å². The summed E-state index contributed by atoms with van der Waals surface area (Å²) >= 11 is 0. The third kappa shape index (κ3) is 3.34. The Morgan fingerprint density at radius 2 is 2.00 bits per heavy atom. The van der Waals surface area contributed by atoms with Crippen LogP contribution >= 0.6 is 0 Å². The molecule has 1 heterocycles. The van der Waals surface area contributed by atoms with E-state index in [1.54, 1.807) is 0 Å². The Morgan fingerprint density at radius 1 is 1.28 bits per heavy atom. The highest BCUT2D eigenvalue weighted by Gasteiger charge is 2.17. The van der Waals surface area contributed by atoms with Crippen LogP contribution in [0.4, 0.5) is 5.69 Å². The van der Waals surface area contributed by atoms with Crippen molar-refractivity contribution in [1.82, 2.24) is 4.90 Å². The fourth-order valence-electron chi connectivity index (χ4n) is 2.37. The molecule has 1 aromatic carbocycles. The molecule has 0 amide bonds. The minimum absolute atomic E-state index is 0.595. The molecule has 0 atom stereocenters. The number of benzene rings is 1. The summed E-state index contributed by atoms with van der Waals surface area (Å²) in [5.74, 6) is 0. The number of nitrogens with zero attached hydrogens (tertiary/aromatic N) is 2. The third-order valence-corrected chi connectivity index (χ3v) is 3.47. The number of nitrogens with two attached hydrogens (primary N) is 1. The van der Waals surface area contributed by atoms with Crippen LogP contribution in [0.15, 0.2) is 36.4 Å². The van der Waals surface area contributed by atoms with Crippen molar-refractivity contribution in [2.45, 2.75) is 6.92 Å². The fourth-order valence-corrected chi connectivity index (χ4v) is 2.37. The summed E-state index contributed by atoms with van der Waals surface area (Å²) in [6.45, 7) is 12.0. The van der Waals surface area contributed by atoms with E-state index < -0.39 is 0 Å². The maximum absolute atomic E-state index is 5.59. The van der Waals surface area contributed by atoms with Crippen molar-refractivity contribution in [3.05, 3.63) is 42.0 Å². The molecule has 1 saturated heterocycles. The molecule has 2 rings (SSSR count). The zero-order valence-electron chi connectivity index (χ0n) is 11.2. The number of hydrogen-bond acceptors (Lipinski definition) is 3. The number of piperazine rings is 1. The second-order valence-electron chi connectivity index (χ2n) is 5.06. The standard InChI is InChI=1S/C15H23N3/c1-13-4-3-5-15(10-13)18-8-6-17(7-9-18)12-14(2)11-16/h3-5,10H,2,6-9,11-12,16H2,1H3. The fraction of sp³-hybridized carbons (Fsp3) is 0.467. The second-order valence-corrected chi connectivity index (χ2v) is 5.06.